The van der Waals surface area contributed by atoms with Gasteiger partial charge in [-0.25, -0.2) is 9.37 Å². The molecule has 1 N–H and O–H groups in total. The lowest BCUT2D eigenvalue weighted by Gasteiger charge is -2.10. The first-order valence-corrected chi connectivity index (χ1v) is 6.54. The van der Waals surface area contributed by atoms with Gasteiger partial charge in [-0.15, -0.1) is 0 Å². The van der Waals surface area contributed by atoms with Gasteiger partial charge in [0.15, 0.2) is 5.15 Å². The van der Waals surface area contributed by atoms with Gasteiger partial charge >= 0.3 is 0 Å². The van der Waals surface area contributed by atoms with Crippen LogP contribution < -0.4 is 5.32 Å². The molecule has 0 saturated carbocycles. The van der Waals surface area contributed by atoms with E-state index in [-0.39, 0.29) is 5.82 Å². The molecule has 0 fully saturated rings. The van der Waals surface area contributed by atoms with Crippen LogP contribution in [0.2, 0.25) is 5.15 Å². The van der Waals surface area contributed by atoms with Crippen LogP contribution in [-0.2, 0) is 6.54 Å². The van der Waals surface area contributed by atoms with Crippen LogP contribution in [0, 0.1) is 12.7 Å². The number of halogens is 3. The second-order valence-corrected chi connectivity index (χ2v) is 5.11. The minimum absolute atomic E-state index is 0.275. The molecule has 1 aromatic heterocycles. The topological polar surface area (TPSA) is 24.9 Å². The van der Waals surface area contributed by atoms with Gasteiger partial charge in [-0.1, -0.05) is 17.7 Å². The Labute approximate surface area is 118 Å². The van der Waals surface area contributed by atoms with Crippen molar-refractivity contribution in [1.82, 2.24) is 4.98 Å². The maximum absolute atomic E-state index is 13.4. The maximum atomic E-state index is 13.4. The number of anilines is 1. The summed E-state index contributed by atoms with van der Waals surface area (Å²) in [4.78, 5) is 4.01. The molecular formula is C13H11BrClFN2. The van der Waals surface area contributed by atoms with Crippen molar-refractivity contribution >= 4 is 33.2 Å². The number of nitrogens with one attached hydrogen (secondary N) is 1. The minimum atomic E-state index is -0.275. The van der Waals surface area contributed by atoms with E-state index in [0.717, 1.165) is 16.8 Å². The zero-order valence-electron chi connectivity index (χ0n) is 9.67. The SMILES string of the molecule is Cc1ccnc(Cl)c1NCc1ccc(Br)c(F)c1. The fraction of sp³-hybridized carbons (Fsp3) is 0.154. The molecule has 2 aromatic rings. The van der Waals surface area contributed by atoms with Crippen LogP contribution in [0.3, 0.4) is 0 Å². The van der Waals surface area contributed by atoms with E-state index in [1.54, 1.807) is 12.3 Å². The van der Waals surface area contributed by atoms with E-state index in [1.165, 1.54) is 6.07 Å². The Morgan fingerprint density at radius 3 is 2.83 bits per heavy atom. The van der Waals surface area contributed by atoms with Crippen LogP contribution in [-0.4, -0.2) is 4.98 Å². The third kappa shape index (κ3) is 3.00. The Morgan fingerprint density at radius 1 is 1.39 bits per heavy atom. The Hall–Kier alpha value is -1.13. The van der Waals surface area contributed by atoms with E-state index in [0.29, 0.717) is 16.2 Å². The predicted molar refractivity (Wildman–Crippen MR) is 75.4 cm³/mol. The number of nitrogens with zero attached hydrogens (tertiary/aromatic N) is 1. The molecule has 0 radical (unpaired) electrons. The molecule has 0 aliphatic heterocycles. The van der Waals surface area contributed by atoms with Crippen molar-refractivity contribution in [2.24, 2.45) is 0 Å². The summed E-state index contributed by atoms with van der Waals surface area (Å²) in [5.74, 6) is -0.275. The van der Waals surface area contributed by atoms with Gasteiger partial charge in [0.1, 0.15) is 5.82 Å². The summed E-state index contributed by atoms with van der Waals surface area (Å²) in [7, 11) is 0. The predicted octanol–water partition coefficient (Wildman–Crippen LogP) is 4.56. The average molecular weight is 330 g/mol. The van der Waals surface area contributed by atoms with Crippen molar-refractivity contribution in [1.29, 1.82) is 0 Å². The van der Waals surface area contributed by atoms with E-state index in [4.69, 9.17) is 11.6 Å². The highest BCUT2D eigenvalue weighted by molar-refractivity contribution is 9.10. The summed E-state index contributed by atoms with van der Waals surface area (Å²) in [6.45, 7) is 2.44. The number of pyridine rings is 1. The Bertz CT molecular complexity index is 555. The molecule has 0 spiro atoms. The molecule has 5 heteroatoms. The molecule has 0 amide bonds. The quantitative estimate of drug-likeness (QED) is 0.835. The van der Waals surface area contributed by atoms with Crippen molar-refractivity contribution in [3.8, 4) is 0 Å². The number of hydrogen-bond acceptors (Lipinski definition) is 2. The van der Waals surface area contributed by atoms with E-state index >= 15 is 0 Å². The Morgan fingerprint density at radius 2 is 2.17 bits per heavy atom. The molecular weight excluding hydrogens is 319 g/mol. The number of hydrogen-bond donors (Lipinski definition) is 1. The van der Waals surface area contributed by atoms with Gasteiger partial charge in [0.2, 0.25) is 0 Å². The molecule has 0 aliphatic carbocycles. The van der Waals surface area contributed by atoms with Gasteiger partial charge in [-0.05, 0) is 52.2 Å². The van der Waals surface area contributed by atoms with Crippen molar-refractivity contribution in [2.75, 3.05) is 5.32 Å². The van der Waals surface area contributed by atoms with E-state index < -0.39 is 0 Å². The molecule has 0 saturated heterocycles. The fourth-order valence-electron chi connectivity index (χ4n) is 1.58. The maximum Gasteiger partial charge on any atom is 0.152 e. The van der Waals surface area contributed by atoms with Crippen molar-refractivity contribution in [3.05, 3.63) is 57.0 Å². The van der Waals surface area contributed by atoms with Gasteiger partial charge in [0.25, 0.3) is 0 Å². The second kappa shape index (κ2) is 5.67. The zero-order chi connectivity index (χ0) is 13.1. The summed E-state index contributed by atoms with van der Waals surface area (Å²) in [6.07, 6.45) is 1.65. The van der Waals surface area contributed by atoms with E-state index in [1.807, 2.05) is 19.1 Å². The summed E-state index contributed by atoms with van der Waals surface area (Å²) in [5.41, 5.74) is 2.63. The fourth-order valence-corrected chi connectivity index (χ4v) is 2.10. The van der Waals surface area contributed by atoms with Gasteiger partial charge in [0.05, 0.1) is 10.2 Å². The zero-order valence-corrected chi connectivity index (χ0v) is 12.0. The van der Waals surface area contributed by atoms with Gasteiger partial charge in [-0.2, -0.15) is 0 Å². The summed E-state index contributed by atoms with van der Waals surface area (Å²) in [5, 5.41) is 3.59. The molecule has 1 aromatic carbocycles. The Kier molecular flexibility index (Phi) is 4.19. The average Bonchev–Trinajstić information content (AvgIpc) is 2.33. The smallest absolute Gasteiger partial charge is 0.152 e. The molecule has 1 heterocycles. The largest absolute Gasteiger partial charge is 0.378 e. The highest BCUT2D eigenvalue weighted by Crippen LogP contribution is 2.24. The van der Waals surface area contributed by atoms with Crippen LogP contribution in [0.1, 0.15) is 11.1 Å². The summed E-state index contributed by atoms with van der Waals surface area (Å²) in [6, 6.07) is 6.89. The van der Waals surface area contributed by atoms with Crippen LogP contribution in [0.25, 0.3) is 0 Å². The van der Waals surface area contributed by atoms with Crippen LogP contribution in [0.4, 0.5) is 10.1 Å². The first-order chi connectivity index (χ1) is 8.58. The molecule has 2 nitrogen and oxygen atoms in total. The van der Waals surface area contributed by atoms with Crippen molar-refractivity contribution < 1.29 is 4.39 Å². The van der Waals surface area contributed by atoms with Gasteiger partial charge in [-0.3, -0.25) is 0 Å². The normalized spacial score (nSPS) is 10.4. The highest BCUT2D eigenvalue weighted by atomic mass is 79.9. The summed E-state index contributed by atoms with van der Waals surface area (Å²) < 4.78 is 13.8. The van der Waals surface area contributed by atoms with Crippen molar-refractivity contribution in [2.45, 2.75) is 13.5 Å². The van der Waals surface area contributed by atoms with E-state index in [2.05, 4.69) is 26.2 Å². The number of aromatic nitrogens is 1. The third-order valence-corrected chi connectivity index (χ3v) is 3.50. The monoisotopic (exact) mass is 328 g/mol. The number of benzene rings is 1. The first kappa shape index (κ1) is 13.3. The lowest BCUT2D eigenvalue weighted by atomic mass is 10.2. The van der Waals surface area contributed by atoms with E-state index in [9.17, 15) is 4.39 Å². The van der Waals surface area contributed by atoms with Gasteiger partial charge in [0, 0.05) is 12.7 Å². The lowest BCUT2D eigenvalue weighted by Crippen LogP contribution is -2.03. The standard InChI is InChI=1S/C13H11BrClFN2/c1-8-4-5-17-13(15)12(8)18-7-9-2-3-10(14)11(16)6-9/h2-6,18H,7H2,1H3. The third-order valence-electron chi connectivity index (χ3n) is 2.57. The first-order valence-electron chi connectivity index (χ1n) is 5.37. The number of aryl methyl sites for hydroxylation is 1. The van der Waals surface area contributed by atoms with Crippen LogP contribution >= 0.6 is 27.5 Å². The molecule has 0 atom stereocenters. The molecule has 0 aliphatic rings. The highest BCUT2D eigenvalue weighted by Gasteiger charge is 2.05. The summed E-state index contributed by atoms with van der Waals surface area (Å²) >= 11 is 9.12. The molecule has 0 bridgehead atoms. The molecule has 2 rings (SSSR count). The molecule has 18 heavy (non-hydrogen) atoms. The van der Waals surface area contributed by atoms with Crippen molar-refractivity contribution in [3.63, 3.8) is 0 Å². The van der Waals surface area contributed by atoms with Crippen LogP contribution in [0.15, 0.2) is 34.9 Å². The second-order valence-electron chi connectivity index (χ2n) is 3.90. The number of rotatable bonds is 3. The molecule has 0 unspecified atom stereocenters. The van der Waals surface area contributed by atoms with Gasteiger partial charge < -0.3 is 5.32 Å². The molecule has 94 valence electrons. The lowest BCUT2D eigenvalue weighted by molar-refractivity contribution is 0.619. The minimum Gasteiger partial charge on any atom is -0.378 e. The Balaban J connectivity index is 2.14. The van der Waals surface area contributed by atoms with Crippen LogP contribution in [0.5, 0.6) is 0 Å².